The number of nitrogens with zero attached hydrogens (tertiary/aromatic N) is 6. The second-order valence-electron chi connectivity index (χ2n) is 10.1. The molecule has 202 valence electrons. The molecular formula is C26H30F3N7O2. The lowest BCUT2D eigenvalue weighted by Gasteiger charge is -2.39. The Labute approximate surface area is 218 Å². The van der Waals surface area contributed by atoms with Crippen molar-refractivity contribution in [2.24, 2.45) is 4.99 Å². The molecule has 0 bridgehead atoms. The first kappa shape index (κ1) is 25.1. The highest BCUT2D eigenvalue weighted by Crippen LogP contribution is 2.43. The Morgan fingerprint density at radius 1 is 1.16 bits per heavy atom. The number of nitrogens with one attached hydrogen (secondary N) is 1. The van der Waals surface area contributed by atoms with Crippen molar-refractivity contribution in [2.45, 2.75) is 57.0 Å². The Morgan fingerprint density at radius 3 is 2.79 bits per heavy atom. The lowest BCUT2D eigenvalue weighted by molar-refractivity contribution is -0.138. The maximum absolute atomic E-state index is 13.8. The van der Waals surface area contributed by atoms with Crippen LogP contribution in [0.2, 0.25) is 0 Å². The number of hydrogen-bond acceptors (Lipinski definition) is 7. The SMILES string of the molecule is C[C@@H]1COCCN1c1cc(-c2ccn[nH]2)nc2c1C(CC(F)(F)F)CN=C2c1ccnn1C1CCCCO1. The van der Waals surface area contributed by atoms with Crippen molar-refractivity contribution in [3.63, 3.8) is 0 Å². The fourth-order valence-corrected chi connectivity index (χ4v) is 5.65. The predicted octanol–water partition coefficient (Wildman–Crippen LogP) is 4.48. The minimum absolute atomic E-state index is 0.00928. The van der Waals surface area contributed by atoms with Gasteiger partial charge in [-0.15, -0.1) is 0 Å². The van der Waals surface area contributed by atoms with Crippen molar-refractivity contribution in [2.75, 3.05) is 37.8 Å². The molecule has 2 fully saturated rings. The fourth-order valence-electron chi connectivity index (χ4n) is 5.65. The number of aromatic nitrogens is 5. The van der Waals surface area contributed by atoms with E-state index in [1.54, 1.807) is 23.1 Å². The molecule has 3 aliphatic rings. The van der Waals surface area contributed by atoms with Crippen LogP contribution in [-0.2, 0) is 9.47 Å². The van der Waals surface area contributed by atoms with E-state index < -0.39 is 18.5 Å². The lowest BCUT2D eigenvalue weighted by Crippen LogP contribution is -2.45. The van der Waals surface area contributed by atoms with Gasteiger partial charge in [0.15, 0.2) is 6.23 Å². The summed E-state index contributed by atoms with van der Waals surface area (Å²) in [5, 5.41) is 11.5. The summed E-state index contributed by atoms with van der Waals surface area (Å²) in [6.45, 7) is 4.23. The minimum atomic E-state index is -4.34. The van der Waals surface area contributed by atoms with Gasteiger partial charge >= 0.3 is 6.18 Å². The Hall–Kier alpha value is -3.25. The van der Waals surface area contributed by atoms with Gasteiger partial charge in [0.25, 0.3) is 0 Å². The molecule has 9 nitrogen and oxygen atoms in total. The summed E-state index contributed by atoms with van der Waals surface area (Å²) in [5.74, 6) is -0.857. The molecule has 3 aliphatic heterocycles. The van der Waals surface area contributed by atoms with Gasteiger partial charge in [-0.1, -0.05) is 0 Å². The third-order valence-corrected chi connectivity index (χ3v) is 7.41. The normalized spacial score (nSPS) is 24.3. The molecule has 0 aromatic carbocycles. The number of anilines is 1. The number of rotatable bonds is 5. The topological polar surface area (TPSA) is 93.5 Å². The first-order valence-electron chi connectivity index (χ1n) is 13.0. The monoisotopic (exact) mass is 529 g/mol. The maximum Gasteiger partial charge on any atom is 0.389 e. The van der Waals surface area contributed by atoms with E-state index in [9.17, 15) is 13.2 Å². The molecule has 38 heavy (non-hydrogen) atoms. The summed E-state index contributed by atoms with van der Waals surface area (Å²) in [6.07, 6.45) is 0.562. The highest BCUT2D eigenvalue weighted by Gasteiger charge is 2.40. The van der Waals surface area contributed by atoms with E-state index in [2.05, 4.69) is 20.2 Å². The standard InChI is InChI=1S/C26H30F3N7O2/c1-16-15-37-11-9-35(16)21-12-19(18-5-7-31-34-18)33-25-23(21)17(13-26(27,28)29)14-30-24(25)20-6-8-32-36(20)22-4-2-3-10-38-22/h5-8,12,16-17,22H,2-4,9-11,13-15H2,1H3,(H,31,34)/t16-,17?,22?/m1/s1. The van der Waals surface area contributed by atoms with E-state index in [-0.39, 0.29) is 18.8 Å². The number of fused-ring (bicyclic) bond motifs is 1. The van der Waals surface area contributed by atoms with Gasteiger partial charge in [-0.05, 0) is 44.4 Å². The quantitative estimate of drug-likeness (QED) is 0.524. The van der Waals surface area contributed by atoms with Crippen LogP contribution >= 0.6 is 0 Å². The molecule has 3 atom stereocenters. The lowest BCUT2D eigenvalue weighted by atomic mass is 9.86. The molecule has 0 radical (unpaired) electrons. The summed E-state index contributed by atoms with van der Waals surface area (Å²) in [4.78, 5) is 11.8. The number of pyridine rings is 1. The van der Waals surface area contributed by atoms with Gasteiger partial charge in [0.05, 0.1) is 42.4 Å². The number of halogens is 3. The van der Waals surface area contributed by atoms with E-state index in [0.717, 1.165) is 24.9 Å². The van der Waals surface area contributed by atoms with E-state index in [0.29, 0.717) is 60.4 Å². The zero-order valence-corrected chi connectivity index (χ0v) is 21.1. The molecule has 2 unspecified atom stereocenters. The summed E-state index contributed by atoms with van der Waals surface area (Å²) < 4.78 is 54.9. The number of H-pyrrole nitrogens is 1. The van der Waals surface area contributed by atoms with Crippen molar-refractivity contribution < 1.29 is 22.6 Å². The van der Waals surface area contributed by atoms with Crippen LogP contribution in [0.3, 0.4) is 0 Å². The second kappa shape index (κ2) is 10.1. The van der Waals surface area contributed by atoms with Crippen LogP contribution in [0.25, 0.3) is 11.4 Å². The smallest absolute Gasteiger partial charge is 0.377 e. The summed E-state index contributed by atoms with van der Waals surface area (Å²) in [7, 11) is 0. The Morgan fingerprint density at radius 2 is 2.05 bits per heavy atom. The average Bonchev–Trinajstić information content (AvgIpc) is 3.61. The fraction of sp³-hybridized carbons (Fsp3) is 0.538. The molecule has 6 heterocycles. The van der Waals surface area contributed by atoms with Crippen molar-refractivity contribution in [1.29, 1.82) is 0 Å². The third kappa shape index (κ3) is 4.82. The third-order valence-electron chi connectivity index (χ3n) is 7.41. The molecule has 3 aromatic heterocycles. The van der Waals surface area contributed by atoms with Crippen LogP contribution in [0.5, 0.6) is 0 Å². The number of alkyl halides is 3. The van der Waals surface area contributed by atoms with E-state index in [4.69, 9.17) is 19.5 Å². The molecule has 6 rings (SSSR count). The zero-order chi connectivity index (χ0) is 26.3. The summed E-state index contributed by atoms with van der Waals surface area (Å²) in [5.41, 5.74) is 4.25. The Kier molecular flexibility index (Phi) is 6.68. The number of hydrogen-bond donors (Lipinski definition) is 1. The molecule has 1 N–H and O–H groups in total. The highest BCUT2D eigenvalue weighted by molar-refractivity contribution is 6.13. The molecule has 3 aromatic rings. The van der Waals surface area contributed by atoms with Crippen molar-refractivity contribution >= 4 is 11.4 Å². The molecule has 0 amide bonds. The maximum atomic E-state index is 13.8. The summed E-state index contributed by atoms with van der Waals surface area (Å²) >= 11 is 0. The molecular weight excluding hydrogens is 499 g/mol. The van der Waals surface area contributed by atoms with Crippen molar-refractivity contribution in [3.8, 4) is 11.4 Å². The van der Waals surface area contributed by atoms with Crippen LogP contribution in [0.1, 0.15) is 61.7 Å². The van der Waals surface area contributed by atoms with E-state index in [1.165, 1.54) is 0 Å². The van der Waals surface area contributed by atoms with Gasteiger partial charge in [0.2, 0.25) is 0 Å². The van der Waals surface area contributed by atoms with Crippen LogP contribution in [0.15, 0.2) is 35.6 Å². The number of aromatic amines is 1. The molecule has 2 saturated heterocycles. The largest absolute Gasteiger partial charge is 0.389 e. The predicted molar refractivity (Wildman–Crippen MR) is 134 cm³/mol. The Balaban J connectivity index is 1.54. The second-order valence-corrected chi connectivity index (χ2v) is 10.1. The van der Waals surface area contributed by atoms with Crippen LogP contribution in [0.4, 0.5) is 18.9 Å². The number of ether oxygens (including phenoxy) is 2. The van der Waals surface area contributed by atoms with Gasteiger partial charge in [-0.3, -0.25) is 10.1 Å². The Bertz CT molecular complexity index is 1300. The van der Waals surface area contributed by atoms with E-state index >= 15 is 0 Å². The molecule has 0 spiro atoms. The van der Waals surface area contributed by atoms with Gasteiger partial charge in [0.1, 0.15) is 5.71 Å². The number of aliphatic imine (C=N–C) groups is 1. The van der Waals surface area contributed by atoms with Crippen molar-refractivity contribution in [1.82, 2.24) is 25.0 Å². The first-order chi connectivity index (χ1) is 18.4. The van der Waals surface area contributed by atoms with Crippen molar-refractivity contribution in [3.05, 3.63) is 47.5 Å². The van der Waals surface area contributed by atoms with Crippen LogP contribution < -0.4 is 4.90 Å². The highest BCUT2D eigenvalue weighted by atomic mass is 19.4. The van der Waals surface area contributed by atoms with Crippen LogP contribution in [-0.4, -0.2) is 75.8 Å². The summed E-state index contributed by atoms with van der Waals surface area (Å²) in [6, 6.07) is 5.50. The molecule has 12 heteroatoms. The molecule has 0 saturated carbocycles. The van der Waals surface area contributed by atoms with Gasteiger partial charge in [0, 0.05) is 55.3 Å². The van der Waals surface area contributed by atoms with Gasteiger partial charge in [-0.2, -0.15) is 23.4 Å². The molecule has 0 aliphatic carbocycles. The zero-order valence-electron chi connectivity index (χ0n) is 21.1. The average molecular weight is 530 g/mol. The van der Waals surface area contributed by atoms with Crippen LogP contribution in [0, 0.1) is 0 Å². The van der Waals surface area contributed by atoms with E-state index in [1.807, 2.05) is 19.1 Å². The van der Waals surface area contributed by atoms with Gasteiger partial charge < -0.3 is 14.4 Å². The first-order valence-corrected chi connectivity index (χ1v) is 13.0. The number of morpholine rings is 1. The minimum Gasteiger partial charge on any atom is -0.377 e. The van der Waals surface area contributed by atoms with Gasteiger partial charge in [-0.25, -0.2) is 9.67 Å².